The van der Waals surface area contributed by atoms with Crippen LogP contribution in [0.15, 0.2) is 66.4 Å². The summed E-state index contributed by atoms with van der Waals surface area (Å²) in [6.07, 6.45) is 1.74. The summed E-state index contributed by atoms with van der Waals surface area (Å²) in [5.41, 5.74) is 12.2. The zero-order valence-corrected chi connectivity index (χ0v) is 13.5. The second-order valence-corrected chi connectivity index (χ2v) is 5.51. The van der Waals surface area contributed by atoms with Crippen LogP contribution in [0.2, 0.25) is 0 Å². The van der Waals surface area contributed by atoms with Gasteiger partial charge in [0, 0.05) is 18.4 Å². The number of benzene rings is 2. The van der Waals surface area contributed by atoms with Gasteiger partial charge in [0.2, 0.25) is 0 Å². The van der Waals surface area contributed by atoms with Gasteiger partial charge >= 0.3 is 0 Å². The Kier molecular flexibility index (Phi) is 5.18. The van der Waals surface area contributed by atoms with Gasteiger partial charge in [0.1, 0.15) is 6.10 Å². The lowest BCUT2D eigenvalue weighted by Gasteiger charge is -2.19. The Bertz CT molecular complexity index is 686. The van der Waals surface area contributed by atoms with Gasteiger partial charge in [-0.2, -0.15) is 0 Å². The van der Waals surface area contributed by atoms with Crippen molar-refractivity contribution < 1.29 is 4.74 Å². The minimum absolute atomic E-state index is 0.234. The summed E-state index contributed by atoms with van der Waals surface area (Å²) in [5.74, 6) is 0. The molecule has 1 atom stereocenters. The smallest absolute Gasteiger partial charge is 0.109 e. The molecule has 0 heterocycles. The molecule has 2 nitrogen and oxygen atoms in total. The Morgan fingerprint density at radius 1 is 1.14 bits per heavy atom. The minimum Gasteiger partial charge on any atom is -0.398 e. The summed E-state index contributed by atoms with van der Waals surface area (Å²) in [7, 11) is 1.67. The molecule has 2 aromatic rings. The van der Waals surface area contributed by atoms with Crippen molar-refractivity contribution in [3.63, 3.8) is 0 Å². The summed E-state index contributed by atoms with van der Waals surface area (Å²) in [6, 6.07) is 16.3. The van der Waals surface area contributed by atoms with Crippen LogP contribution in [0.5, 0.6) is 0 Å². The van der Waals surface area contributed by atoms with E-state index in [1.165, 1.54) is 11.1 Å². The van der Waals surface area contributed by atoms with E-state index in [2.05, 4.69) is 38.6 Å². The summed E-state index contributed by atoms with van der Waals surface area (Å²) in [6.45, 7) is 8.28. The fraction of sp³-hybridized carbons (Fsp3) is 0.200. The third-order valence-corrected chi connectivity index (χ3v) is 3.77. The monoisotopic (exact) mass is 293 g/mol. The van der Waals surface area contributed by atoms with Gasteiger partial charge in [-0.1, -0.05) is 60.7 Å². The zero-order valence-electron chi connectivity index (χ0n) is 13.5. The standard InChI is InChI=1S/C20H23NO/c1-14-10-11-15(2)18(12-14)13-19(21)16(3)20(22-4)17-8-6-5-7-9-17/h5-13,20H,3,21H2,1-2,4H3/b19-13+. The van der Waals surface area contributed by atoms with Crippen LogP contribution in [-0.4, -0.2) is 7.11 Å². The van der Waals surface area contributed by atoms with Crippen LogP contribution >= 0.6 is 0 Å². The van der Waals surface area contributed by atoms with Crippen molar-refractivity contribution in [1.29, 1.82) is 0 Å². The molecule has 2 heteroatoms. The van der Waals surface area contributed by atoms with Crippen LogP contribution in [0, 0.1) is 13.8 Å². The SMILES string of the molecule is C=C(/C(N)=C\c1cc(C)ccc1C)C(OC)c1ccccc1. The van der Waals surface area contributed by atoms with E-state index in [9.17, 15) is 0 Å². The number of ether oxygens (including phenoxy) is 1. The van der Waals surface area contributed by atoms with E-state index in [0.717, 1.165) is 16.7 Å². The number of methoxy groups -OCH3 is 1. The van der Waals surface area contributed by atoms with Crippen molar-refractivity contribution in [2.45, 2.75) is 20.0 Å². The van der Waals surface area contributed by atoms with E-state index < -0.39 is 0 Å². The fourth-order valence-corrected chi connectivity index (χ4v) is 2.43. The lowest BCUT2D eigenvalue weighted by atomic mass is 9.97. The first-order valence-electron chi connectivity index (χ1n) is 7.34. The maximum absolute atomic E-state index is 6.26. The molecule has 0 aliphatic rings. The topological polar surface area (TPSA) is 35.2 Å². The number of hydrogen-bond acceptors (Lipinski definition) is 2. The van der Waals surface area contributed by atoms with Crippen molar-refractivity contribution in [3.05, 3.63) is 88.6 Å². The second kappa shape index (κ2) is 7.10. The average Bonchev–Trinajstić information content (AvgIpc) is 2.52. The first-order chi connectivity index (χ1) is 10.5. The van der Waals surface area contributed by atoms with Crippen LogP contribution in [0.1, 0.15) is 28.4 Å². The highest BCUT2D eigenvalue weighted by atomic mass is 16.5. The highest BCUT2D eigenvalue weighted by Crippen LogP contribution is 2.28. The summed E-state index contributed by atoms with van der Waals surface area (Å²) in [4.78, 5) is 0. The molecule has 2 aromatic carbocycles. The van der Waals surface area contributed by atoms with Gasteiger partial charge < -0.3 is 10.5 Å². The molecule has 0 radical (unpaired) electrons. The first-order valence-corrected chi connectivity index (χ1v) is 7.34. The van der Waals surface area contributed by atoms with Gasteiger partial charge in [-0.15, -0.1) is 0 Å². The molecule has 0 aromatic heterocycles. The van der Waals surface area contributed by atoms with E-state index in [-0.39, 0.29) is 6.10 Å². The highest BCUT2D eigenvalue weighted by Gasteiger charge is 2.16. The Hall–Kier alpha value is -2.32. The zero-order chi connectivity index (χ0) is 16.1. The summed E-state index contributed by atoms with van der Waals surface area (Å²) < 4.78 is 5.59. The number of aryl methyl sites for hydroxylation is 2. The molecule has 0 amide bonds. The summed E-state index contributed by atoms with van der Waals surface area (Å²) in [5, 5.41) is 0. The van der Waals surface area contributed by atoms with Crippen molar-refractivity contribution >= 4 is 6.08 Å². The van der Waals surface area contributed by atoms with Crippen LogP contribution < -0.4 is 5.73 Å². The van der Waals surface area contributed by atoms with Crippen LogP contribution in [-0.2, 0) is 4.74 Å². The molecule has 0 saturated heterocycles. The third kappa shape index (κ3) is 3.66. The van der Waals surface area contributed by atoms with E-state index in [4.69, 9.17) is 10.5 Å². The maximum Gasteiger partial charge on any atom is 0.109 e. The molecular formula is C20H23NO. The lowest BCUT2D eigenvalue weighted by Crippen LogP contribution is -2.11. The Morgan fingerprint density at radius 3 is 2.45 bits per heavy atom. The van der Waals surface area contributed by atoms with E-state index in [0.29, 0.717) is 5.70 Å². The molecular weight excluding hydrogens is 270 g/mol. The van der Waals surface area contributed by atoms with Crippen molar-refractivity contribution in [1.82, 2.24) is 0 Å². The normalized spacial score (nSPS) is 13.0. The maximum atomic E-state index is 6.26. The quantitative estimate of drug-likeness (QED) is 0.821. The van der Waals surface area contributed by atoms with Crippen LogP contribution in [0.4, 0.5) is 0 Å². The predicted molar refractivity (Wildman–Crippen MR) is 93.4 cm³/mol. The van der Waals surface area contributed by atoms with E-state index in [1.807, 2.05) is 36.4 Å². The van der Waals surface area contributed by atoms with Crippen molar-refractivity contribution in [3.8, 4) is 0 Å². The fourth-order valence-electron chi connectivity index (χ4n) is 2.43. The molecule has 22 heavy (non-hydrogen) atoms. The predicted octanol–water partition coefficient (Wildman–Crippen LogP) is 4.55. The number of hydrogen-bond donors (Lipinski definition) is 1. The minimum atomic E-state index is -0.234. The molecule has 0 aliphatic carbocycles. The van der Waals surface area contributed by atoms with Gasteiger partial charge in [-0.05, 0) is 36.6 Å². The number of rotatable bonds is 5. The Morgan fingerprint density at radius 2 is 1.82 bits per heavy atom. The Labute approximate surface area is 132 Å². The molecule has 114 valence electrons. The van der Waals surface area contributed by atoms with E-state index in [1.54, 1.807) is 7.11 Å². The van der Waals surface area contributed by atoms with Crippen molar-refractivity contribution in [2.24, 2.45) is 5.73 Å². The van der Waals surface area contributed by atoms with Gasteiger partial charge in [0.25, 0.3) is 0 Å². The van der Waals surface area contributed by atoms with Crippen molar-refractivity contribution in [2.75, 3.05) is 7.11 Å². The van der Waals surface area contributed by atoms with Crippen LogP contribution in [0.3, 0.4) is 0 Å². The van der Waals surface area contributed by atoms with E-state index >= 15 is 0 Å². The molecule has 0 spiro atoms. The highest BCUT2D eigenvalue weighted by molar-refractivity contribution is 5.61. The van der Waals surface area contributed by atoms with Gasteiger partial charge in [0.15, 0.2) is 0 Å². The first kappa shape index (κ1) is 16.1. The van der Waals surface area contributed by atoms with Gasteiger partial charge in [-0.25, -0.2) is 0 Å². The molecule has 1 unspecified atom stereocenters. The number of nitrogens with two attached hydrogens (primary N) is 1. The van der Waals surface area contributed by atoms with Gasteiger partial charge in [0.05, 0.1) is 0 Å². The second-order valence-electron chi connectivity index (χ2n) is 5.51. The largest absolute Gasteiger partial charge is 0.398 e. The average molecular weight is 293 g/mol. The van der Waals surface area contributed by atoms with Crippen LogP contribution in [0.25, 0.3) is 6.08 Å². The van der Waals surface area contributed by atoms with Gasteiger partial charge in [-0.3, -0.25) is 0 Å². The molecule has 0 fully saturated rings. The molecule has 0 bridgehead atoms. The molecule has 2 N–H and O–H groups in total. The lowest BCUT2D eigenvalue weighted by molar-refractivity contribution is 0.135. The summed E-state index contributed by atoms with van der Waals surface area (Å²) >= 11 is 0. The third-order valence-electron chi connectivity index (χ3n) is 3.77. The molecule has 0 saturated carbocycles. The Balaban J connectivity index is 2.31. The molecule has 2 rings (SSSR count). The molecule has 0 aliphatic heterocycles.